The number of nitrogens with zero attached hydrogens (tertiary/aromatic N) is 6. The molecule has 0 amide bonds. The Labute approximate surface area is 208 Å². The summed E-state index contributed by atoms with van der Waals surface area (Å²) in [7, 11) is -0.429. The molecule has 3 heterocycles. The predicted octanol–water partition coefficient (Wildman–Crippen LogP) is 2.20. The van der Waals surface area contributed by atoms with Crippen LogP contribution in [0, 0.1) is 0 Å². The number of anilines is 2. The van der Waals surface area contributed by atoms with Crippen LogP contribution in [0.1, 0.15) is 0 Å². The number of aromatic nitrogens is 4. The summed E-state index contributed by atoms with van der Waals surface area (Å²) in [5.74, 6) is 1.77. The fourth-order valence-corrected chi connectivity index (χ4v) is 5.59. The maximum absolute atomic E-state index is 13.0. The second kappa shape index (κ2) is 9.55. The van der Waals surface area contributed by atoms with Crippen molar-refractivity contribution in [2.45, 2.75) is 4.90 Å². The summed E-state index contributed by atoms with van der Waals surface area (Å²) in [5.41, 5.74) is 8.20. The van der Waals surface area contributed by atoms with E-state index in [-0.39, 0.29) is 10.8 Å². The molecule has 4 aromatic rings. The maximum atomic E-state index is 13.0. The minimum atomic E-state index is -3.57. The highest BCUT2D eigenvalue weighted by Gasteiger charge is 2.30. The number of methoxy groups -OCH3 is 2. The van der Waals surface area contributed by atoms with Crippen LogP contribution in [-0.4, -0.2) is 73.1 Å². The lowest BCUT2D eigenvalue weighted by Gasteiger charge is -2.34. The van der Waals surface area contributed by atoms with Gasteiger partial charge in [-0.1, -0.05) is 18.2 Å². The smallest absolute Gasteiger partial charge is 0.243 e. The molecule has 1 aliphatic heterocycles. The molecule has 1 saturated heterocycles. The lowest BCUT2D eigenvalue weighted by Crippen LogP contribution is -2.49. The van der Waals surface area contributed by atoms with E-state index < -0.39 is 10.0 Å². The van der Waals surface area contributed by atoms with E-state index in [1.807, 2.05) is 17.0 Å². The van der Waals surface area contributed by atoms with Gasteiger partial charge in [0.1, 0.15) is 0 Å². The summed E-state index contributed by atoms with van der Waals surface area (Å²) >= 11 is 0. The topological polar surface area (TPSA) is 137 Å². The van der Waals surface area contributed by atoms with Crippen LogP contribution in [0.4, 0.5) is 11.8 Å². The van der Waals surface area contributed by atoms with Crippen molar-refractivity contribution in [2.75, 3.05) is 51.0 Å². The summed E-state index contributed by atoms with van der Waals surface area (Å²) in [5, 5.41) is 0. The van der Waals surface area contributed by atoms with Crippen LogP contribution in [-0.2, 0) is 10.0 Å². The van der Waals surface area contributed by atoms with Crippen molar-refractivity contribution in [1.29, 1.82) is 0 Å². The lowest BCUT2D eigenvalue weighted by molar-refractivity contribution is 0.355. The molecule has 36 heavy (non-hydrogen) atoms. The monoisotopic (exact) mass is 507 g/mol. The van der Waals surface area contributed by atoms with E-state index >= 15 is 0 Å². The van der Waals surface area contributed by atoms with Gasteiger partial charge < -0.3 is 20.1 Å². The number of ether oxygens (including phenoxy) is 2. The molecular weight excluding hydrogens is 482 g/mol. The van der Waals surface area contributed by atoms with Gasteiger partial charge in [-0.25, -0.2) is 18.4 Å². The van der Waals surface area contributed by atoms with Crippen molar-refractivity contribution in [3.05, 3.63) is 54.7 Å². The van der Waals surface area contributed by atoms with E-state index in [0.717, 1.165) is 5.56 Å². The normalized spacial score (nSPS) is 14.7. The molecule has 5 rings (SSSR count). The molecule has 2 N–H and O–H groups in total. The lowest BCUT2D eigenvalue weighted by atomic mass is 10.1. The van der Waals surface area contributed by atoms with Crippen LogP contribution in [0.2, 0.25) is 0 Å². The van der Waals surface area contributed by atoms with E-state index in [1.165, 1.54) is 4.31 Å². The predicted molar refractivity (Wildman–Crippen MR) is 135 cm³/mol. The van der Waals surface area contributed by atoms with Crippen LogP contribution in [0.15, 0.2) is 59.6 Å². The third-order valence-corrected chi connectivity index (χ3v) is 7.92. The van der Waals surface area contributed by atoms with Gasteiger partial charge in [-0.15, -0.1) is 0 Å². The van der Waals surface area contributed by atoms with Gasteiger partial charge in [-0.2, -0.15) is 14.3 Å². The number of rotatable bonds is 6. The number of benzene rings is 2. The SMILES string of the molecule is COc1ccc(-c2cnc3nc(N)nc(N4CCN(S(=O)(=O)c5ccccc5)CC4)c3n2)cc1OC. The highest BCUT2D eigenvalue weighted by atomic mass is 32.2. The van der Waals surface area contributed by atoms with Gasteiger partial charge in [0.2, 0.25) is 16.0 Å². The first-order valence-electron chi connectivity index (χ1n) is 11.2. The maximum Gasteiger partial charge on any atom is 0.243 e. The molecule has 0 saturated carbocycles. The van der Waals surface area contributed by atoms with Gasteiger partial charge >= 0.3 is 0 Å². The van der Waals surface area contributed by atoms with E-state index in [1.54, 1.807) is 56.8 Å². The van der Waals surface area contributed by atoms with Crippen LogP contribution in [0.5, 0.6) is 11.5 Å². The molecule has 1 aliphatic rings. The standard InChI is InChI=1S/C24H25N7O4S/c1-34-19-9-8-16(14-20(19)35-2)18-15-26-22-21(27-18)23(29-24(25)28-22)30-10-12-31(13-11-30)36(32,33)17-6-4-3-5-7-17/h3-9,14-15H,10-13H2,1-2H3,(H2,25,26,28,29). The first-order valence-corrected chi connectivity index (χ1v) is 12.7. The minimum absolute atomic E-state index is 0.0741. The Balaban J connectivity index is 1.46. The van der Waals surface area contributed by atoms with Gasteiger partial charge in [-0.3, -0.25) is 0 Å². The van der Waals surface area contributed by atoms with Gasteiger partial charge in [0.25, 0.3) is 0 Å². The van der Waals surface area contributed by atoms with E-state index in [2.05, 4.69) is 15.0 Å². The fraction of sp³-hybridized carbons (Fsp3) is 0.250. The van der Waals surface area contributed by atoms with Crippen LogP contribution < -0.4 is 20.1 Å². The number of hydrogen-bond acceptors (Lipinski definition) is 10. The number of piperazine rings is 1. The zero-order chi connectivity index (χ0) is 25.3. The largest absolute Gasteiger partial charge is 0.493 e. The summed E-state index contributed by atoms with van der Waals surface area (Å²) < 4.78 is 38.2. The molecule has 0 aliphatic carbocycles. The van der Waals surface area contributed by atoms with Crippen molar-refractivity contribution in [2.24, 2.45) is 0 Å². The van der Waals surface area contributed by atoms with E-state index in [9.17, 15) is 8.42 Å². The second-order valence-electron chi connectivity index (χ2n) is 8.11. The Kier molecular flexibility index (Phi) is 6.29. The van der Waals surface area contributed by atoms with Gasteiger partial charge in [-0.05, 0) is 30.3 Å². The zero-order valence-electron chi connectivity index (χ0n) is 19.8. The molecule has 0 unspecified atom stereocenters. The molecule has 1 fully saturated rings. The zero-order valence-corrected chi connectivity index (χ0v) is 20.6. The van der Waals surface area contributed by atoms with E-state index in [4.69, 9.17) is 20.2 Å². The summed E-state index contributed by atoms with van der Waals surface area (Å²) in [6.45, 7) is 1.43. The molecule has 11 nitrogen and oxygen atoms in total. The molecule has 0 bridgehead atoms. The second-order valence-corrected chi connectivity index (χ2v) is 10.0. The summed E-state index contributed by atoms with van der Waals surface area (Å²) in [6.07, 6.45) is 1.62. The molecule has 2 aromatic heterocycles. The molecule has 12 heteroatoms. The quantitative estimate of drug-likeness (QED) is 0.413. The van der Waals surface area contributed by atoms with Crippen molar-refractivity contribution in [3.8, 4) is 22.8 Å². The van der Waals surface area contributed by atoms with E-state index in [0.29, 0.717) is 60.4 Å². The average Bonchev–Trinajstić information content (AvgIpc) is 2.92. The molecule has 0 atom stereocenters. The first kappa shape index (κ1) is 23.7. The Morgan fingerprint density at radius 2 is 1.61 bits per heavy atom. The Bertz CT molecular complexity index is 1510. The fourth-order valence-electron chi connectivity index (χ4n) is 4.15. The third kappa shape index (κ3) is 4.36. The average molecular weight is 508 g/mol. The van der Waals surface area contributed by atoms with Crippen LogP contribution in [0.3, 0.4) is 0 Å². The van der Waals surface area contributed by atoms with Crippen LogP contribution >= 0.6 is 0 Å². The molecular formula is C24H25N7O4S. The first-order chi connectivity index (χ1) is 17.4. The Morgan fingerprint density at radius 3 is 2.31 bits per heavy atom. The minimum Gasteiger partial charge on any atom is -0.493 e. The Hall–Kier alpha value is -4.03. The third-order valence-electron chi connectivity index (χ3n) is 6.00. The highest BCUT2D eigenvalue weighted by molar-refractivity contribution is 7.89. The summed E-state index contributed by atoms with van der Waals surface area (Å²) in [6, 6.07) is 13.9. The molecule has 0 spiro atoms. The molecule has 186 valence electrons. The summed E-state index contributed by atoms with van der Waals surface area (Å²) in [4.78, 5) is 20.2. The van der Waals surface area contributed by atoms with Crippen molar-refractivity contribution >= 4 is 33.0 Å². The van der Waals surface area contributed by atoms with Gasteiger partial charge in [0.15, 0.2) is 28.5 Å². The van der Waals surface area contributed by atoms with Crippen LogP contribution in [0.25, 0.3) is 22.4 Å². The van der Waals surface area contributed by atoms with Crippen molar-refractivity contribution in [3.63, 3.8) is 0 Å². The molecule has 0 radical (unpaired) electrons. The Morgan fingerprint density at radius 1 is 0.889 bits per heavy atom. The number of hydrogen-bond donors (Lipinski definition) is 1. The molecule has 2 aromatic carbocycles. The van der Waals surface area contributed by atoms with Gasteiger partial charge in [0.05, 0.1) is 31.0 Å². The highest BCUT2D eigenvalue weighted by Crippen LogP contribution is 2.33. The number of fused-ring (bicyclic) bond motifs is 1. The van der Waals surface area contributed by atoms with Crippen molar-refractivity contribution in [1.82, 2.24) is 24.2 Å². The number of nitrogen functional groups attached to an aromatic ring is 1. The van der Waals surface area contributed by atoms with Crippen molar-refractivity contribution < 1.29 is 17.9 Å². The number of sulfonamides is 1. The number of nitrogens with two attached hydrogens (primary N) is 1. The van der Waals surface area contributed by atoms with Gasteiger partial charge in [0, 0.05) is 31.7 Å².